The average Bonchev–Trinajstić information content (AvgIpc) is 2.59. The number of hydrogen-bond donors (Lipinski definition) is 1. The molecule has 0 aliphatic carbocycles. The van der Waals surface area contributed by atoms with Crippen LogP contribution in [-0.4, -0.2) is 30.7 Å². The van der Waals surface area contributed by atoms with E-state index in [2.05, 4.69) is 14.7 Å². The number of aromatic nitrogens is 2. The van der Waals surface area contributed by atoms with Crippen molar-refractivity contribution in [3.8, 4) is 5.75 Å². The summed E-state index contributed by atoms with van der Waals surface area (Å²) < 4.78 is 45.4. The van der Waals surface area contributed by atoms with Gasteiger partial charge in [0.15, 0.2) is 5.82 Å². The first-order chi connectivity index (χ1) is 11.4. The van der Waals surface area contributed by atoms with Gasteiger partial charge in [-0.1, -0.05) is 19.1 Å². The lowest BCUT2D eigenvalue weighted by molar-refractivity contribution is 0.414. The van der Waals surface area contributed by atoms with Gasteiger partial charge in [-0.3, -0.25) is 0 Å². The molecule has 0 saturated heterocycles. The summed E-state index contributed by atoms with van der Waals surface area (Å²) in [5, 5.41) is -0.679. The van der Waals surface area contributed by atoms with Crippen LogP contribution >= 0.6 is 0 Å². The zero-order valence-corrected chi connectivity index (χ0v) is 14.4. The molecule has 1 heterocycles. The zero-order chi connectivity index (χ0) is 17.6. The Bertz CT molecular complexity index is 749. The Morgan fingerprint density at radius 2 is 1.83 bits per heavy atom. The largest absolute Gasteiger partial charge is 0.497 e. The van der Waals surface area contributed by atoms with Crippen molar-refractivity contribution in [1.82, 2.24) is 14.7 Å². The number of sulfonamides is 1. The van der Waals surface area contributed by atoms with Crippen molar-refractivity contribution in [1.29, 1.82) is 0 Å². The number of rotatable bonds is 8. The van der Waals surface area contributed by atoms with Crippen LogP contribution in [0.15, 0.2) is 36.7 Å². The Hall–Kier alpha value is -2.06. The fourth-order valence-corrected chi connectivity index (χ4v) is 3.58. The highest BCUT2D eigenvalue weighted by Gasteiger charge is 2.24. The number of nitrogens with one attached hydrogen (secondary N) is 1. The second kappa shape index (κ2) is 8.16. The molecule has 130 valence electrons. The van der Waals surface area contributed by atoms with E-state index in [4.69, 9.17) is 4.74 Å². The van der Waals surface area contributed by atoms with Crippen molar-refractivity contribution in [2.45, 2.75) is 31.6 Å². The van der Waals surface area contributed by atoms with E-state index < -0.39 is 21.1 Å². The Kier molecular flexibility index (Phi) is 6.22. The van der Waals surface area contributed by atoms with Crippen LogP contribution in [0.25, 0.3) is 0 Å². The van der Waals surface area contributed by atoms with Crippen molar-refractivity contribution < 1.29 is 17.5 Å². The van der Waals surface area contributed by atoms with E-state index in [1.807, 2.05) is 0 Å². The van der Waals surface area contributed by atoms with Gasteiger partial charge in [0.05, 0.1) is 24.8 Å². The Labute approximate surface area is 141 Å². The van der Waals surface area contributed by atoms with E-state index in [9.17, 15) is 12.8 Å². The SMILES string of the molecule is CC[C@H](Cc1ncc(F)cn1)S(=O)(=O)NCc1ccc(OC)cc1. The lowest BCUT2D eigenvalue weighted by Gasteiger charge is -2.16. The van der Waals surface area contributed by atoms with Crippen LogP contribution < -0.4 is 9.46 Å². The van der Waals surface area contributed by atoms with Gasteiger partial charge in [0, 0.05) is 13.0 Å². The molecule has 0 spiro atoms. The van der Waals surface area contributed by atoms with Crippen LogP contribution in [0.3, 0.4) is 0 Å². The highest BCUT2D eigenvalue weighted by atomic mass is 32.2. The highest BCUT2D eigenvalue weighted by molar-refractivity contribution is 7.90. The van der Waals surface area contributed by atoms with Gasteiger partial charge in [0.1, 0.15) is 11.6 Å². The molecule has 2 aromatic rings. The summed E-state index contributed by atoms with van der Waals surface area (Å²) in [6.45, 7) is 1.97. The smallest absolute Gasteiger partial charge is 0.215 e. The van der Waals surface area contributed by atoms with E-state index in [0.29, 0.717) is 18.0 Å². The molecule has 1 N–H and O–H groups in total. The first-order valence-corrected chi connectivity index (χ1v) is 9.07. The summed E-state index contributed by atoms with van der Waals surface area (Å²) in [7, 11) is -1.98. The van der Waals surface area contributed by atoms with Gasteiger partial charge in [-0.05, 0) is 24.1 Å². The fraction of sp³-hybridized carbons (Fsp3) is 0.375. The van der Waals surface area contributed by atoms with Crippen LogP contribution in [0.2, 0.25) is 0 Å². The summed E-state index contributed by atoms with van der Waals surface area (Å²) in [4.78, 5) is 7.65. The third-order valence-electron chi connectivity index (χ3n) is 3.61. The molecule has 6 nitrogen and oxygen atoms in total. The van der Waals surface area contributed by atoms with Gasteiger partial charge in [0.2, 0.25) is 10.0 Å². The third kappa shape index (κ3) is 4.97. The predicted octanol–water partition coefficient (Wildman–Crippen LogP) is 2.07. The first-order valence-electron chi connectivity index (χ1n) is 7.52. The third-order valence-corrected chi connectivity index (χ3v) is 5.54. The van der Waals surface area contributed by atoms with Gasteiger partial charge < -0.3 is 4.74 Å². The van der Waals surface area contributed by atoms with Gasteiger partial charge in [-0.25, -0.2) is 27.5 Å². The van der Waals surface area contributed by atoms with Crippen molar-refractivity contribution in [3.05, 3.63) is 53.9 Å². The quantitative estimate of drug-likeness (QED) is 0.786. The summed E-state index contributed by atoms with van der Waals surface area (Å²) in [5.74, 6) is 0.465. The average molecular weight is 353 g/mol. The molecule has 0 amide bonds. The van der Waals surface area contributed by atoms with Gasteiger partial charge in [0.25, 0.3) is 0 Å². The normalized spacial score (nSPS) is 12.8. The van der Waals surface area contributed by atoms with Crippen molar-refractivity contribution in [2.75, 3.05) is 7.11 Å². The summed E-state index contributed by atoms with van der Waals surface area (Å²) in [6.07, 6.45) is 2.60. The number of ether oxygens (including phenoxy) is 1. The number of benzene rings is 1. The highest BCUT2D eigenvalue weighted by Crippen LogP contribution is 2.13. The van der Waals surface area contributed by atoms with Crippen molar-refractivity contribution >= 4 is 10.0 Å². The molecule has 24 heavy (non-hydrogen) atoms. The molecule has 0 saturated carbocycles. The van der Waals surface area contributed by atoms with Gasteiger partial charge in [-0.2, -0.15) is 0 Å². The lowest BCUT2D eigenvalue weighted by atomic mass is 10.2. The second-order valence-electron chi connectivity index (χ2n) is 5.27. The van der Waals surface area contributed by atoms with Crippen LogP contribution in [0.1, 0.15) is 24.7 Å². The maximum Gasteiger partial charge on any atom is 0.215 e. The molecule has 0 aliphatic rings. The minimum absolute atomic E-state index is 0.134. The molecule has 1 aromatic heterocycles. The Morgan fingerprint density at radius 1 is 1.21 bits per heavy atom. The Morgan fingerprint density at radius 3 is 2.38 bits per heavy atom. The standard InChI is InChI=1S/C16H20FN3O3S/c1-3-15(8-16-18-10-13(17)11-19-16)24(21,22)20-9-12-4-6-14(23-2)7-5-12/h4-7,10-11,15,20H,3,8-9H2,1-2H3/t15-/m1/s1. The molecule has 1 aromatic carbocycles. The summed E-state index contributed by atoms with van der Waals surface area (Å²) in [6, 6.07) is 7.14. The predicted molar refractivity (Wildman–Crippen MR) is 88.5 cm³/mol. The molecule has 0 fully saturated rings. The monoisotopic (exact) mass is 353 g/mol. The van der Waals surface area contributed by atoms with Gasteiger partial charge in [-0.15, -0.1) is 0 Å². The number of hydrogen-bond acceptors (Lipinski definition) is 5. The molecule has 0 bridgehead atoms. The maximum atomic E-state index is 12.8. The first kappa shape index (κ1) is 18.3. The second-order valence-corrected chi connectivity index (χ2v) is 7.31. The lowest BCUT2D eigenvalue weighted by Crippen LogP contribution is -2.35. The van der Waals surface area contributed by atoms with E-state index in [1.54, 1.807) is 38.3 Å². The topological polar surface area (TPSA) is 81.2 Å². The molecular formula is C16H20FN3O3S. The molecule has 0 unspecified atom stereocenters. The minimum atomic E-state index is -3.55. The summed E-state index contributed by atoms with van der Waals surface area (Å²) >= 11 is 0. The number of nitrogens with zero attached hydrogens (tertiary/aromatic N) is 2. The van der Waals surface area contributed by atoms with Crippen LogP contribution in [-0.2, 0) is 23.0 Å². The molecule has 1 atom stereocenters. The molecule has 2 rings (SSSR count). The molecular weight excluding hydrogens is 333 g/mol. The van der Waals surface area contributed by atoms with E-state index in [1.165, 1.54) is 0 Å². The van der Waals surface area contributed by atoms with E-state index in [0.717, 1.165) is 18.0 Å². The molecule has 0 aliphatic heterocycles. The molecule has 0 radical (unpaired) electrons. The Balaban J connectivity index is 2.01. The van der Waals surface area contributed by atoms with E-state index >= 15 is 0 Å². The van der Waals surface area contributed by atoms with Crippen molar-refractivity contribution in [3.63, 3.8) is 0 Å². The fourth-order valence-electron chi connectivity index (χ4n) is 2.17. The number of methoxy groups -OCH3 is 1. The van der Waals surface area contributed by atoms with Crippen LogP contribution in [0, 0.1) is 5.82 Å². The van der Waals surface area contributed by atoms with E-state index in [-0.39, 0.29) is 13.0 Å². The minimum Gasteiger partial charge on any atom is -0.497 e. The summed E-state index contributed by atoms with van der Waals surface area (Å²) in [5.41, 5.74) is 0.826. The van der Waals surface area contributed by atoms with Crippen LogP contribution in [0.5, 0.6) is 5.75 Å². The van der Waals surface area contributed by atoms with Gasteiger partial charge >= 0.3 is 0 Å². The zero-order valence-electron chi connectivity index (χ0n) is 13.6. The van der Waals surface area contributed by atoms with Crippen LogP contribution in [0.4, 0.5) is 4.39 Å². The van der Waals surface area contributed by atoms with Crippen molar-refractivity contribution in [2.24, 2.45) is 0 Å². The maximum absolute atomic E-state index is 12.8. The number of halogens is 1. The molecule has 8 heteroatoms.